The Morgan fingerprint density at radius 1 is 1.28 bits per heavy atom. The van der Waals surface area contributed by atoms with E-state index in [9.17, 15) is 4.79 Å². The van der Waals surface area contributed by atoms with E-state index in [0.29, 0.717) is 6.61 Å². The molecule has 106 valence electrons. The van der Waals surface area contributed by atoms with Crippen molar-refractivity contribution in [3.63, 3.8) is 0 Å². The molecule has 0 saturated heterocycles. The Balaban J connectivity index is 0. The summed E-state index contributed by atoms with van der Waals surface area (Å²) in [5, 5.41) is 15.0. The van der Waals surface area contributed by atoms with Crippen molar-refractivity contribution in [3.05, 3.63) is 12.7 Å². The summed E-state index contributed by atoms with van der Waals surface area (Å²) >= 11 is 0. The third kappa shape index (κ3) is 20.1. The van der Waals surface area contributed by atoms with E-state index in [1.807, 2.05) is 0 Å². The average Bonchev–Trinajstić information content (AvgIpc) is 2.33. The van der Waals surface area contributed by atoms with E-state index in [1.165, 1.54) is 18.9 Å². The van der Waals surface area contributed by atoms with Crippen molar-refractivity contribution in [2.24, 2.45) is 5.92 Å². The number of hydrogen-bond acceptors (Lipinski definition) is 4. The number of carbonyl (C=O) groups is 2. The fourth-order valence-corrected chi connectivity index (χ4v) is 1.06. The zero-order chi connectivity index (χ0) is 14.4. The molecule has 0 amide bonds. The van der Waals surface area contributed by atoms with E-state index < -0.39 is 12.6 Å². The first-order valence-electron chi connectivity index (χ1n) is 6.05. The average molecular weight is 260 g/mol. The second-order valence-corrected chi connectivity index (χ2v) is 4.17. The molecule has 0 aromatic rings. The van der Waals surface area contributed by atoms with Gasteiger partial charge in [0, 0.05) is 6.08 Å². The van der Waals surface area contributed by atoms with Crippen molar-refractivity contribution >= 4 is 11.9 Å². The molecule has 0 fully saturated rings. The van der Waals surface area contributed by atoms with E-state index >= 15 is 0 Å². The molecule has 18 heavy (non-hydrogen) atoms. The van der Waals surface area contributed by atoms with E-state index in [-0.39, 0.29) is 5.97 Å². The quantitative estimate of drug-likeness (QED) is 0.396. The number of ether oxygens (including phenoxy) is 1. The molecule has 0 atom stereocenters. The van der Waals surface area contributed by atoms with Gasteiger partial charge < -0.3 is 14.9 Å². The largest absolute Gasteiger partial charge is 0.480 e. The van der Waals surface area contributed by atoms with Gasteiger partial charge in [0.2, 0.25) is 0 Å². The molecule has 0 aliphatic heterocycles. The lowest BCUT2D eigenvalue weighted by atomic mass is 10.1. The minimum atomic E-state index is -1.19. The van der Waals surface area contributed by atoms with Crippen molar-refractivity contribution in [3.8, 4) is 0 Å². The Kier molecular flexibility index (Phi) is 14.5. The van der Waals surface area contributed by atoms with Crippen molar-refractivity contribution in [1.82, 2.24) is 0 Å². The Hall–Kier alpha value is -1.36. The van der Waals surface area contributed by atoms with Crippen LogP contribution in [0.25, 0.3) is 0 Å². The summed E-state index contributed by atoms with van der Waals surface area (Å²) in [6.07, 6.45) is 5.79. The van der Waals surface area contributed by atoms with Crippen LogP contribution in [0.2, 0.25) is 0 Å². The van der Waals surface area contributed by atoms with Gasteiger partial charge in [0.05, 0.1) is 6.61 Å². The summed E-state index contributed by atoms with van der Waals surface area (Å²) in [6, 6.07) is 0. The number of carbonyl (C=O) groups excluding carboxylic acids is 1. The highest BCUT2D eigenvalue weighted by molar-refractivity contribution is 5.81. The number of carboxylic acid groups (broad SMARTS) is 1. The molecule has 0 rings (SSSR count). The highest BCUT2D eigenvalue weighted by Gasteiger charge is 1.96. The molecule has 0 bridgehead atoms. The minimum absolute atomic E-state index is 0.316. The van der Waals surface area contributed by atoms with Gasteiger partial charge in [-0.15, -0.1) is 0 Å². The number of aliphatic carboxylic acids is 1. The molecule has 0 aliphatic rings. The second kappa shape index (κ2) is 13.7. The molecule has 0 spiro atoms. The SMILES string of the molecule is C=CC(=O)OCCCCCC(C)C.O=C(O)CO. The maximum Gasteiger partial charge on any atom is 0.330 e. The predicted octanol–water partition coefficient (Wildman–Crippen LogP) is 2.00. The summed E-state index contributed by atoms with van der Waals surface area (Å²) < 4.78 is 4.84. The van der Waals surface area contributed by atoms with Crippen molar-refractivity contribution in [2.45, 2.75) is 39.5 Å². The molecule has 0 aromatic carbocycles. The van der Waals surface area contributed by atoms with Crippen LogP contribution in [-0.2, 0) is 14.3 Å². The summed E-state index contributed by atoms with van der Waals surface area (Å²) in [7, 11) is 0. The normalized spacial score (nSPS) is 9.33. The smallest absolute Gasteiger partial charge is 0.330 e. The molecule has 5 heteroatoms. The second-order valence-electron chi connectivity index (χ2n) is 4.17. The van der Waals surface area contributed by atoms with Gasteiger partial charge in [0.1, 0.15) is 6.61 Å². The van der Waals surface area contributed by atoms with Gasteiger partial charge >= 0.3 is 11.9 Å². The zero-order valence-electron chi connectivity index (χ0n) is 11.2. The number of hydrogen-bond donors (Lipinski definition) is 2. The maximum absolute atomic E-state index is 10.6. The van der Waals surface area contributed by atoms with Gasteiger partial charge in [-0.25, -0.2) is 9.59 Å². The first kappa shape index (κ1) is 19.0. The fourth-order valence-electron chi connectivity index (χ4n) is 1.06. The maximum atomic E-state index is 10.6. The van der Waals surface area contributed by atoms with Crippen molar-refractivity contribution in [1.29, 1.82) is 0 Å². The molecule has 0 heterocycles. The molecular formula is C13H24O5. The number of rotatable bonds is 8. The van der Waals surface area contributed by atoms with Crippen LogP contribution in [0.15, 0.2) is 12.7 Å². The van der Waals surface area contributed by atoms with Gasteiger partial charge in [0.25, 0.3) is 0 Å². The predicted molar refractivity (Wildman–Crippen MR) is 69.2 cm³/mol. The topological polar surface area (TPSA) is 83.8 Å². The lowest BCUT2D eigenvalue weighted by molar-refractivity contribution is -0.140. The number of esters is 1. The number of aliphatic hydroxyl groups excluding tert-OH is 1. The van der Waals surface area contributed by atoms with Crippen molar-refractivity contribution < 1.29 is 24.5 Å². The van der Waals surface area contributed by atoms with E-state index in [0.717, 1.165) is 18.8 Å². The van der Waals surface area contributed by atoms with Crippen LogP contribution in [-0.4, -0.2) is 35.4 Å². The molecule has 0 aromatic heterocycles. The van der Waals surface area contributed by atoms with Gasteiger partial charge in [-0.05, 0) is 12.3 Å². The Bertz CT molecular complexity index is 236. The summed E-state index contributed by atoms with van der Waals surface area (Å²) in [4.78, 5) is 19.7. The summed E-state index contributed by atoms with van der Waals surface area (Å²) in [6.45, 7) is 7.52. The molecule has 2 N–H and O–H groups in total. The van der Waals surface area contributed by atoms with Gasteiger partial charge in [-0.1, -0.05) is 39.7 Å². The number of aliphatic hydroxyl groups is 1. The zero-order valence-corrected chi connectivity index (χ0v) is 11.2. The van der Waals surface area contributed by atoms with E-state index in [4.69, 9.17) is 19.7 Å². The van der Waals surface area contributed by atoms with Crippen LogP contribution < -0.4 is 0 Å². The van der Waals surface area contributed by atoms with Crippen LogP contribution in [0.1, 0.15) is 39.5 Å². The van der Waals surface area contributed by atoms with Crippen LogP contribution >= 0.6 is 0 Å². The lowest BCUT2D eigenvalue weighted by Crippen LogP contribution is -2.01. The van der Waals surface area contributed by atoms with Gasteiger partial charge in [-0.3, -0.25) is 0 Å². The lowest BCUT2D eigenvalue weighted by Gasteiger charge is -2.04. The number of unbranched alkanes of at least 4 members (excludes halogenated alkanes) is 2. The number of carboxylic acids is 1. The molecule has 0 aliphatic carbocycles. The Morgan fingerprint density at radius 2 is 1.83 bits per heavy atom. The molecule has 5 nitrogen and oxygen atoms in total. The van der Waals surface area contributed by atoms with Crippen molar-refractivity contribution in [2.75, 3.05) is 13.2 Å². The third-order valence-corrected chi connectivity index (χ3v) is 1.97. The van der Waals surface area contributed by atoms with Crippen LogP contribution in [0.5, 0.6) is 0 Å². The third-order valence-electron chi connectivity index (χ3n) is 1.97. The van der Waals surface area contributed by atoms with Gasteiger partial charge in [0.15, 0.2) is 0 Å². The van der Waals surface area contributed by atoms with E-state index in [2.05, 4.69) is 20.4 Å². The van der Waals surface area contributed by atoms with Crippen LogP contribution in [0.4, 0.5) is 0 Å². The molecule has 0 unspecified atom stereocenters. The molecule has 0 radical (unpaired) electrons. The highest BCUT2D eigenvalue weighted by atomic mass is 16.5. The molecular weight excluding hydrogens is 236 g/mol. The summed E-state index contributed by atoms with van der Waals surface area (Å²) in [5.74, 6) is -0.732. The van der Waals surface area contributed by atoms with Crippen LogP contribution in [0.3, 0.4) is 0 Å². The fraction of sp³-hybridized carbons (Fsp3) is 0.692. The first-order chi connectivity index (χ1) is 8.43. The molecule has 0 saturated carbocycles. The first-order valence-corrected chi connectivity index (χ1v) is 6.05. The Morgan fingerprint density at radius 3 is 2.22 bits per heavy atom. The standard InChI is InChI=1S/C11H20O2.C2H4O3/c1-4-11(12)13-9-7-5-6-8-10(2)3;3-1-2(4)5/h4,10H,1,5-9H2,2-3H3;3H,1H2,(H,4,5). The summed E-state index contributed by atoms with van der Waals surface area (Å²) in [5.41, 5.74) is 0. The van der Waals surface area contributed by atoms with E-state index in [1.54, 1.807) is 0 Å². The monoisotopic (exact) mass is 260 g/mol. The Labute approximate surface area is 108 Å². The minimum Gasteiger partial charge on any atom is -0.480 e. The van der Waals surface area contributed by atoms with Gasteiger partial charge in [-0.2, -0.15) is 0 Å². The van der Waals surface area contributed by atoms with Crippen LogP contribution in [0, 0.1) is 5.92 Å². The highest BCUT2D eigenvalue weighted by Crippen LogP contribution is 2.07.